The maximum Gasteiger partial charge on any atom is 0.136 e. The third-order valence-corrected chi connectivity index (χ3v) is 3.23. The summed E-state index contributed by atoms with van der Waals surface area (Å²) in [5.41, 5.74) is 2.16. The van der Waals surface area contributed by atoms with Gasteiger partial charge in [0.1, 0.15) is 17.6 Å². The number of hydrogen-bond donors (Lipinski definition) is 0. The van der Waals surface area contributed by atoms with Crippen molar-refractivity contribution in [3.63, 3.8) is 0 Å². The minimum Gasteiger partial charge on any atom is -0.495 e. The van der Waals surface area contributed by atoms with E-state index in [1.54, 1.807) is 31.4 Å². The second-order valence-corrected chi connectivity index (χ2v) is 4.91. The molecule has 0 radical (unpaired) electrons. The van der Waals surface area contributed by atoms with Gasteiger partial charge in [0.05, 0.1) is 12.7 Å². The van der Waals surface area contributed by atoms with Crippen molar-refractivity contribution in [1.29, 1.82) is 5.26 Å². The molecular weight excluding hydrogens is 267 g/mol. The van der Waals surface area contributed by atoms with Crippen molar-refractivity contribution in [2.24, 2.45) is 0 Å². The number of nitrogens with zero attached hydrogens (tertiary/aromatic N) is 2. The highest BCUT2D eigenvalue weighted by molar-refractivity contribution is 5.45. The smallest absolute Gasteiger partial charge is 0.136 e. The van der Waals surface area contributed by atoms with Crippen LogP contribution in [0.25, 0.3) is 0 Å². The molecule has 2 rings (SSSR count). The van der Waals surface area contributed by atoms with Gasteiger partial charge in [-0.25, -0.2) is 4.39 Å². The lowest BCUT2D eigenvalue weighted by Gasteiger charge is -2.17. The third kappa shape index (κ3) is 3.80. The molecule has 0 N–H and O–H groups in total. The summed E-state index contributed by atoms with van der Waals surface area (Å²) < 4.78 is 18.7. The Balaban J connectivity index is 2.08. The average Bonchev–Trinajstić information content (AvgIpc) is 2.49. The molecule has 0 aliphatic carbocycles. The highest BCUT2D eigenvalue weighted by Crippen LogP contribution is 2.20. The van der Waals surface area contributed by atoms with Gasteiger partial charge in [-0.2, -0.15) is 5.26 Å². The van der Waals surface area contributed by atoms with Crippen molar-refractivity contribution < 1.29 is 9.13 Å². The van der Waals surface area contributed by atoms with Crippen molar-refractivity contribution in [3.8, 4) is 11.8 Å². The maximum atomic E-state index is 13.6. The lowest BCUT2D eigenvalue weighted by Crippen LogP contribution is -2.18. The molecule has 0 aliphatic rings. The molecule has 0 bridgehead atoms. The number of ether oxygens (including phenoxy) is 1. The van der Waals surface area contributed by atoms with E-state index in [2.05, 4.69) is 6.07 Å². The van der Waals surface area contributed by atoms with Crippen molar-refractivity contribution in [1.82, 2.24) is 4.90 Å². The predicted molar refractivity (Wildman–Crippen MR) is 79.3 cm³/mol. The summed E-state index contributed by atoms with van der Waals surface area (Å²) in [5.74, 6) is 0.370. The Morgan fingerprint density at radius 1 is 1.19 bits per heavy atom. The summed E-state index contributed by atoms with van der Waals surface area (Å²) in [6.45, 7) is 1.15. The van der Waals surface area contributed by atoms with Gasteiger partial charge in [-0.15, -0.1) is 0 Å². The molecular formula is C17H17FN2O. The molecule has 0 saturated heterocycles. The molecule has 3 nitrogen and oxygen atoms in total. The fourth-order valence-electron chi connectivity index (χ4n) is 2.23. The first-order chi connectivity index (χ1) is 10.1. The molecule has 0 saturated carbocycles. The highest BCUT2D eigenvalue weighted by Gasteiger charge is 2.08. The number of nitriles is 1. The molecule has 21 heavy (non-hydrogen) atoms. The van der Waals surface area contributed by atoms with Crippen molar-refractivity contribution >= 4 is 0 Å². The molecule has 0 aliphatic heterocycles. The van der Waals surface area contributed by atoms with Crippen LogP contribution in [-0.2, 0) is 13.1 Å². The van der Waals surface area contributed by atoms with Crippen LogP contribution in [0.3, 0.4) is 0 Å². The van der Waals surface area contributed by atoms with Crippen LogP contribution in [0.5, 0.6) is 5.75 Å². The van der Waals surface area contributed by atoms with Gasteiger partial charge in [0.25, 0.3) is 0 Å². The van der Waals surface area contributed by atoms with Crippen LogP contribution in [0.4, 0.5) is 4.39 Å². The van der Waals surface area contributed by atoms with Gasteiger partial charge in [-0.1, -0.05) is 24.3 Å². The van der Waals surface area contributed by atoms with Gasteiger partial charge in [-0.3, -0.25) is 4.90 Å². The molecule has 108 valence electrons. The second kappa shape index (κ2) is 6.87. The molecule has 0 heterocycles. The summed E-state index contributed by atoms with van der Waals surface area (Å²) in [7, 11) is 3.46. The normalized spacial score (nSPS) is 10.4. The molecule has 0 aromatic heterocycles. The zero-order chi connectivity index (χ0) is 15.2. The Labute approximate surface area is 124 Å². The Morgan fingerprint density at radius 2 is 1.95 bits per heavy atom. The van der Waals surface area contributed by atoms with Crippen LogP contribution >= 0.6 is 0 Å². The first-order valence-electron chi connectivity index (χ1n) is 6.63. The Bertz CT molecular complexity index is 664. The summed E-state index contributed by atoms with van der Waals surface area (Å²) in [6.07, 6.45) is 0. The van der Waals surface area contributed by atoms with Gasteiger partial charge >= 0.3 is 0 Å². The third-order valence-electron chi connectivity index (χ3n) is 3.23. The molecule has 0 amide bonds. The van der Waals surface area contributed by atoms with E-state index in [1.165, 1.54) is 6.07 Å². The van der Waals surface area contributed by atoms with Crippen LogP contribution in [0.1, 0.15) is 16.7 Å². The van der Waals surface area contributed by atoms with Crippen LogP contribution in [0.15, 0.2) is 42.5 Å². The number of methoxy groups -OCH3 is 1. The first-order valence-corrected chi connectivity index (χ1v) is 6.63. The predicted octanol–water partition coefficient (Wildman–Crippen LogP) is 3.34. The van der Waals surface area contributed by atoms with Crippen LogP contribution < -0.4 is 4.74 Å². The minimum absolute atomic E-state index is 0.197. The molecule has 2 aromatic rings. The van der Waals surface area contributed by atoms with E-state index < -0.39 is 0 Å². The summed E-state index contributed by atoms with van der Waals surface area (Å²) >= 11 is 0. The number of hydrogen-bond acceptors (Lipinski definition) is 3. The summed E-state index contributed by atoms with van der Waals surface area (Å²) in [4.78, 5) is 2.00. The van der Waals surface area contributed by atoms with Gasteiger partial charge in [0, 0.05) is 18.7 Å². The van der Waals surface area contributed by atoms with Crippen molar-refractivity contribution in [2.75, 3.05) is 14.2 Å². The van der Waals surface area contributed by atoms with Crippen molar-refractivity contribution in [3.05, 3.63) is 65.0 Å². The molecule has 0 atom stereocenters. The fourth-order valence-corrected chi connectivity index (χ4v) is 2.23. The fraction of sp³-hybridized carbons (Fsp3) is 0.235. The van der Waals surface area contributed by atoms with Gasteiger partial charge in [-0.05, 0) is 30.8 Å². The summed E-state index contributed by atoms with van der Waals surface area (Å²) in [6, 6.07) is 14.4. The lowest BCUT2D eigenvalue weighted by atomic mass is 10.1. The van der Waals surface area contributed by atoms with Gasteiger partial charge in [0.2, 0.25) is 0 Å². The van der Waals surface area contributed by atoms with Crippen LogP contribution in [0.2, 0.25) is 0 Å². The van der Waals surface area contributed by atoms with E-state index in [-0.39, 0.29) is 5.82 Å². The van der Waals surface area contributed by atoms with E-state index >= 15 is 0 Å². The first kappa shape index (κ1) is 15.0. The van der Waals surface area contributed by atoms with E-state index in [0.29, 0.717) is 30.0 Å². The molecule has 0 unspecified atom stereocenters. The van der Waals surface area contributed by atoms with E-state index in [1.807, 2.05) is 24.1 Å². The topological polar surface area (TPSA) is 36.3 Å². The van der Waals surface area contributed by atoms with E-state index in [0.717, 1.165) is 5.56 Å². The minimum atomic E-state index is -0.197. The van der Waals surface area contributed by atoms with Crippen LogP contribution in [-0.4, -0.2) is 19.1 Å². The zero-order valence-corrected chi connectivity index (χ0v) is 12.1. The second-order valence-electron chi connectivity index (χ2n) is 4.91. The molecule has 2 aromatic carbocycles. The van der Waals surface area contributed by atoms with Gasteiger partial charge < -0.3 is 4.74 Å². The largest absolute Gasteiger partial charge is 0.495 e. The molecule has 0 fully saturated rings. The quantitative estimate of drug-likeness (QED) is 0.845. The van der Waals surface area contributed by atoms with Gasteiger partial charge in [0.15, 0.2) is 0 Å². The van der Waals surface area contributed by atoms with E-state index in [4.69, 9.17) is 10.00 Å². The number of benzene rings is 2. The zero-order valence-electron chi connectivity index (χ0n) is 12.1. The average molecular weight is 284 g/mol. The Morgan fingerprint density at radius 3 is 2.62 bits per heavy atom. The highest BCUT2D eigenvalue weighted by atomic mass is 19.1. The monoisotopic (exact) mass is 284 g/mol. The number of rotatable bonds is 5. The maximum absolute atomic E-state index is 13.6. The Kier molecular flexibility index (Phi) is 4.91. The van der Waals surface area contributed by atoms with Crippen LogP contribution in [0, 0.1) is 17.1 Å². The molecule has 4 heteroatoms. The number of halogens is 1. The standard InChI is InChI=1S/C17H17FN2O/c1-20(12-14-5-3-4-6-16(14)18)11-13-7-8-17(21-2)15(9-13)10-19/h3-9H,11-12H2,1-2H3. The SMILES string of the molecule is COc1ccc(CN(C)Cc2ccccc2F)cc1C#N. The lowest BCUT2D eigenvalue weighted by molar-refractivity contribution is 0.313. The van der Waals surface area contributed by atoms with E-state index in [9.17, 15) is 4.39 Å². The van der Waals surface area contributed by atoms with Crippen molar-refractivity contribution in [2.45, 2.75) is 13.1 Å². The Hall–Kier alpha value is -2.38. The summed E-state index contributed by atoms with van der Waals surface area (Å²) in [5, 5.41) is 9.09. The molecule has 0 spiro atoms.